The fraction of sp³-hybridized carbons (Fsp3) is 0.538. The van der Waals surface area contributed by atoms with Crippen LogP contribution in [0.25, 0.3) is 0 Å². The van der Waals surface area contributed by atoms with Gasteiger partial charge in [-0.15, -0.1) is 0 Å². The summed E-state index contributed by atoms with van der Waals surface area (Å²) in [6.45, 7) is 2.45. The summed E-state index contributed by atoms with van der Waals surface area (Å²) in [4.78, 5) is 7.28. The zero-order valence-corrected chi connectivity index (χ0v) is 11.4. The molecule has 7 nitrogen and oxygen atoms in total. The monoisotopic (exact) mass is 278 g/mol. The molecule has 0 atom stereocenters. The summed E-state index contributed by atoms with van der Waals surface area (Å²) < 4.78 is 15.6. The minimum atomic E-state index is -0.0893. The van der Waals surface area contributed by atoms with Gasteiger partial charge in [-0.1, -0.05) is 5.16 Å². The first-order valence-electron chi connectivity index (χ1n) is 6.54. The van der Waals surface area contributed by atoms with E-state index in [1.807, 2.05) is 12.3 Å². The van der Waals surface area contributed by atoms with Crippen LogP contribution < -0.4 is 5.32 Å². The maximum absolute atomic E-state index is 5.36. The van der Waals surface area contributed by atoms with Crippen molar-refractivity contribution in [3.05, 3.63) is 35.7 Å². The van der Waals surface area contributed by atoms with Crippen LogP contribution in [0.4, 0.5) is 0 Å². The van der Waals surface area contributed by atoms with E-state index in [0.717, 1.165) is 23.7 Å². The summed E-state index contributed by atoms with van der Waals surface area (Å²) >= 11 is 0. The van der Waals surface area contributed by atoms with Crippen molar-refractivity contribution in [1.29, 1.82) is 0 Å². The smallest absolute Gasteiger partial charge is 0.162 e. The molecule has 0 aliphatic carbocycles. The van der Waals surface area contributed by atoms with Crippen molar-refractivity contribution in [3.63, 3.8) is 0 Å². The maximum Gasteiger partial charge on any atom is 0.162 e. The number of nitrogens with one attached hydrogen (secondary N) is 2. The van der Waals surface area contributed by atoms with E-state index in [1.54, 1.807) is 13.3 Å². The fourth-order valence-electron chi connectivity index (χ4n) is 2.28. The van der Waals surface area contributed by atoms with E-state index in [0.29, 0.717) is 26.4 Å². The molecule has 0 saturated carbocycles. The van der Waals surface area contributed by atoms with Gasteiger partial charge in [0.25, 0.3) is 0 Å². The van der Waals surface area contributed by atoms with Gasteiger partial charge in [0.1, 0.15) is 12.4 Å². The number of nitrogens with zero attached hydrogens (tertiary/aromatic N) is 2. The van der Waals surface area contributed by atoms with Crippen LogP contribution in [0.15, 0.2) is 23.0 Å². The average Bonchev–Trinajstić information content (AvgIpc) is 3.04. The van der Waals surface area contributed by atoms with Gasteiger partial charge < -0.3 is 19.0 Å². The van der Waals surface area contributed by atoms with Gasteiger partial charge in [-0.3, -0.25) is 5.32 Å². The van der Waals surface area contributed by atoms with Gasteiger partial charge in [-0.2, -0.15) is 0 Å². The Morgan fingerprint density at radius 1 is 1.50 bits per heavy atom. The Kier molecular flexibility index (Phi) is 3.81. The molecule has 1 aliphatic rings. The molecule has 1 fully saturated rings. The first-order valence-corrected chi connectivity index (χ1v) is 6.54. The van der Waals surface area contributed by atoms with Crippen molar-refractivity contribution < 1.29 is 14.0 Å². The van der Waals surface area contributed by atoms with Crippen molar-refractivity contribution in [2.45, 2.75) is 25.1 Å². The number of H-pyrrole nitrogens is 1. The third-order valence-electron chi connectivity index (χ3n) is 3.36. The Morgan fingerprint density at radius 3 is 3.05 bits per heavy atom. The number of hydrogen-bond acceptors (Lipinski definition) is 6. The van der Waals surface area contributed by atoms with E-state index < -0.39 is 0 Å². The zero-order valence-electron chi connectivity index (χ0n) is 11.4. The molecule has 3 heterocycles. The quantitative estimate of drug-likeness (QED) is 0.773. The Bertz CT molecular complexity index is 534. The van der Waals surface area contributed by atoms with Crippen LogP contribution in [0.2, 0.25) is 0 Å². The topological polar surface area (TPSA) is 85.2 Å². The van der Waals surface area contributed by atoms with Crippen LogP contribution in [0.1, 0.15) is 17.3 Å². The molecule has 0 unspecified atom stereocenters. The highest BCUT2D eigenvalue weighted by Crippen LogP contribution is 2.23. The first kappa shape index (κ1) is 13.3. The summed E-state index contributed by atoms with van der Waals surface area (Å²) in [5.74, 6) is 1.65. The molecule has 2 aromatic heterocycles. The molecular weight excluding hydrogens is 260 g/mol. The normalized spacial score (nSPS) is 17.1. The molecule has 1 aliphatic heterocycles. The van der Waals surface area contributed by atoms with Crippen molar-refractivity contribution in [3.8, 4) is 0 Å². The molecule has 1 saturated heterocycles. The molecule has 0 amide bonds. The molecular formula is C13H18N4O3. The lowest BCUT2D eigenvalue weighted by Gasteiger charge is -2.41. The minimum absolute atomic E-state index is 0.0893. The zero-order chi connectivity index (χ0) is 13.8. The van der Waals surface area contributed by atoms with E-state index in [4.69, 9.17) is 14.0 Å². The first-order chi connectivity index (χ1) is 9.80. The highest BCUT2D eigenvalue weighted by molar-refractivity contribution is 5.12. The molecule has 0 aromatic carbocycles. The second-order valence-corrected chi connectivity index (χ2v) is 5.06. The Balaban J connectivity index is 1.60. The van der Waals surface area contributed by atoms with Crippen LogP contribution in [-0.4, -0.2) is 41.0 Å². The van der Waals surface area contributed by atoms with E-state index in [9.17, 15) is 0 Å². The largest absolute Gasteiger partial charge is 0.377 e. The predicted molar refractivity (Wildman–Crippen MR) is 69.9 cm³/mol. The highest BCUT2D eigenvalue weighted by atomic mass is 16.5. The number of imidazole rings is 1. The number of aromatic amines is 1. The van der Waals surface area contributed by atoms with Gasteiger partial charge >= 0.3 is 0 Å². The molecule has 20 heavy (non-hydrogen) atoms. The summed E-state index contributed by atoms with van der Waals surface area (Å²) in [6.07, 6.45) is 4.33. The third-order valence-corrected chi connectivity index (χ3v) is 3.36. The SMILES string of the molecule is COCc1cc(CC2(NCc3ncc[nH]3)COC2)no1. The Hall–Kier alpha value is -1.70. The summed E-state index contributed by atoms with van der Waals surface area (Å²) in [5.41, 5.74) is 0.820. The number of rotatable bonds is 7. The number of methoxy groups -OCH3 is 1. The summed E-state index contributed by atoms with van der Waals surface area (Å²) in [7, 11) is 1.63. The summed E-state index contributed by atoms with van der Waals surface area (Å²) in [5, 5.41) is 7.57. The summed E-state index contributed by atoms with van der Waals surface area (Å²) in [6, 6.07) is 1.93. The van der Waals surface area contributed by atoms with Gasteiger partial charge in [0.2, 0.25) is 0 Å². The Labute approximate surface area is 116 Å². The molecule has 3 rings (SSSR count). The fourth-order valence-corrected chi connectivity index (χ4v) is 2.28. The van der Waals surface area contributed by atoms with E-state index in [2.05, 4.69) is 20.4 Å². The van der Waals surface area contributed by atoms with E-state index in [-0.39, 0.29) is 5.54 Å². The van der Waals surface area contributed by atoms with Gasteiger partial charge in [0.05, 0.1) is 31.0 Å². The van der Waals surface area contributed by atoms with Crippen molar-refractivity contribution >= 4 is 0 Å². The van der Waals surface area contributed by atoms with Crippen molar-refractivity contribution in [2.75, 3.05) is 20.3 Å². The lowest BCUT2D eigenvalue weighted by Crippen LogP contribution is -2.61. The van der Waals surface area contributed by atoms with E-state index >= 15 is 0 Å². The van der Waals surface area contributed by atoms with Gasteiger partial charge in [0, 0.05) is 32.0 Å². The standard InChI is InChI=1S/C13H18N4O3/c1-18-7-11-4-10(17-20-11)5-13(8-19-9-13)16-6-12-14-2-3-15-12/h2-4,16H,5-9H2,1H3,(H,14,15). The van der Waals surface area contributed by atoms with Crippen LogP contribution in [-0.2, 0) is 29.0 Å². The van der Waals surface area contributed by atoms with Gasteiger partial charge in [0.15, 0.2) is 5.76 Å². The predicted octanol–water partition coefficient (Wildman–Crippen LogP) is 0.645. The number of hydrogen-bond donors (Lipinski definition) is 2. The van der Waals surface area contributed by atoms with Gasteiger partial charge in [-0.05, 0) is 0 Å². The Morgan fingerprint density at radius 2 is 2.40 bits per heavy atom. The highest BCUT2D eigenvalue weighted by Gasteiger charge is 2.39. The number of ether oxygens (including phenoxy) is 2. The average molecular weight is 278 g/mol. The van der Waals surface area contributed by atoms with Crippen LogP contribution in [0, 0.1) is 0 Å². The lowest BCUT2D eigenvalue weighted by atomic mass is 9.91. The lowest BCUT2D eigenvalue weighted by molar-refractivity contribution is -0.0758. The number of aromatic nitrogens is 3. The molecule has 0 bridgehead atoms. The van der Waals surface area contributed by atoms with Crippen molar-refractivity contribution in [2.24, 2.45) is 0 Å². The minimum Gasteiger partial charge on any atom is -0.377 e. The molecule has 108 valence electrons. The van der Waals surface area contributed by atoms with Crippen LogP contribution in [0.3, 0.4) is 0 Å². The molecule has 2 aromatic rings. The molecule has 7 heteroatoms. The second kappa shape index (κ2) is 5.74. The van der Waals surface area contributed by atoms with Crippen LogP contribution >= 0.6 is 0 Å². The van der Waals surface area contributed by atoms with Crippen LogP contribution in [0.5, 0.6) is 0 Å². The second-order valence-electron chi connectivity index (χ2n) is 5.06. The molecule has 2 N–H and O–H groups in total. The third kappa shape index (κ3) is 2.90. The maximum atomic E-state index is 5.36. The van der Waals surface area contributed by atoms with Crippen molar-refractivity contribution in [1.82, 2.24) is 20.4 Å². The molecule has 0 radical (unpaired) electrons. The van der Waals surface area contributed by atoms with E-state index in [1.165, 1.54) is 0 Å². The molecule has 0 spiro atoms. The van der Waals surface area contributed by atoms with Gasteiger partial charge in [-0.25, -0.2) is 4.98 Å².